The number of amides is 1. The summed E-state index contributed by atoms with van der Waals surface area (Å²) in [5.74, 6) is -0.537. The third kappa shape index (κ3) is 8.30. The van der Waals surface area contributed by atoms with Crippen molar-refractivity contribution in [2.45, 2.75) is 19.2 Å². The lowest BCUT2D eigenvalue weighted by Crippen LogP contribution is -2.41. The van der Waals surface area contributed by atoms with Gasteiger partial charge in [-0.15, -0.1) is 0 Å². The Morgan fingerprint density at radius 1 is 1.07 bits per heavy atom. The summed E-state index contributed by atoms with van der Waals surface area (Å²) in [5, 5.41) is 8.66. The number of guanidine groups is 1. The van der Waals surface area contributed by atoms with Gasteiger partial charge in [0.25, 0.3) is 0 Å². The summed E-state index contributed by atoms with van der Waals surface area (Å²) in [6.45, 7) is 2.49. The van der Waals surface area contributed by atoms with Crippen LogP contribution in [-0.2, 0) is 26.9 Å². The SMILES string of the molecule is CCNC(=NCc1cc(F)ccc1CS(C)(=O)=O)NCC(=O)Nc1ccccc1. The molecule has 0 saturated carbocycles. The van der Waals surface area contributed by atoms with Gasteiger partial charge < -0.3 is 16.0 Å². The second-order valence-electron chi connectivity index (χ2n) is 6.45. The van der Waals surface area contributed by atoms with E-state index in [0.29, 0.717) is 29.3 Å². The highest BCUT2D eigenvalue weighted by Crippen LogP contribution is 2.15. The van der Waals surface area contributed by atoms with Crippen molar-refractivity contribution in [2.24, 2.45) is 4.99 Å². The summed E-state index contributed by atoms with van der Waals surface area (Å²) in [5.41, 5.74) is 1.66. The molecule has 0 bridgehead atoms. The minimum atomic E-state index is -3.27. The third-order valence-electron chi connectivity index (χ3n) is 3.81. The van der Waals surface area contributed by atoms with Crippen LogP contribution in [0.25, 0.3) is 0 Å². The fraction of sp³-hybridized carbons (Fsp3) is 0.300. The molecule has 0 atom stereocenters. The van der Waals surface area contributed by atoms with Crippen LogP contribution in [-0.4, -0.2) is 39.6 Å². The Hall–Kier alpha value is -2.94. The second-order valence-corrected chi connectivity index (χ2v) is 8.59. The molecular formula is C20H25FN4O3S. The quantitative estimate of drug-likeness (QED) is 0.448. The van der Waals surface area contributed by atoms with E-state index in [1.165, 1.54) is 18.2 Å². The summed E-state index contributed by atoms with van der Waals surface area (Å²) in [4.78, 5) is 16.4. The molecule has 7 nitrogen and oxygen atoms in total. The van der Waals surface area contributed by atoms with Gasteiger partial charge in [0, 0.05) is 18.5 Å². The maximum absolute atomic E-state index is 13.6. The maximum Gasteiger partial charge on any atom is 0.243 e. The zero-order chi connectivity index (χ0) is 21.3. The normalized spacial score (nSPS) is 11.8. The monoisotopic (exact) mass is 420 g/mol. The Kier molecular flexibility index (Phi) is 8.14. The number of benzene rings is 2. The average Bonchev–Trinajstić information content (AvgIpc) is 2.65. The van der Waals surface area contributed by atoms with E-state index >= 15 is 0 Å². The first kappa shape index (κ1) is 22.4. The van der Waals surface area contributed by atoms with Crippen LogP contribution in [0.5, 0.6) is 0 Å². The van der Waals surface area contributed by atoms with Crippen molar-refractivity contribution in [3.8, 4) is 0 Å². The minimum Gasteiger partial charge on any atom is -0.357 e. The number of nitrogens with zero attached hydrogens (tertiary/aromatic N) is 1. The van der Waals surface area contributed by atoms with E-state index in [9.17, 15) is 17.6 Å². The van der Waals surface area contributed by atoms with Crippen LogP contribution in [0, 0.1) is 5.82 Å². The van der Waals surface area contributed by atoms with Gasteiger partial charge in [0.1, 0.15) is 5.82 Å². The zero-order valence-corrected chi connectivity index (χ0v) is 17.2. The molecule has 2 aromatic carbocycles. The van der Waals surface area contributed by atoms with Crippen LogP contribution >= 0.6 is 0 Å². The molecule has 0 unspecified atom stereocenters. The fourth-order valence-corrected chi connectivity index (χ4v) is 3.41. The zero-order valence-electron chi connectivity index (χ0n) is 16.4. The van der Waals surface area contributed by atoms with Crippen molar-refractivity contribution in [3.05, 3.63) is 65.5 Å². The molecule has 2 aromatic rings. The predicted molar refractivity (Wildman–Crippen MR) is 113 cm³/mol. The van der Waals surface area contributed by atoms with Gasteiger partial charge in [-0.1, -0.05) is 24.3 Å². The molecule has 0 aliphatic heterocycles. The summed E-state index contributed by atoms with van der Waals surface area (Å²) in [7, 11) is -3.27. The van der Waals surface area contributed by atoms with Crippen LogP contribution in [0.4, 0.5) is 10.1 Å². The van der Waals surface area contributed by atoms with Crippen molar-refractivity contribution in [2.75, 3.05) is 24.7 Å². The van der Waals surface area contributed by atoms with Crippen molar-refractivity contribution in [1.29, 1.82) is 0 Å². The Balaban J connectivity index is 2.05. The number of carbonyl (C=O) groups is 1. The Bertz CT molecular complexity index is 963. The fourth-order valence-electron chi connectivity index (χ4n) is 2.56. The summed E-state index contributed by atoms with van der Waals surface area (Å²) in [6.07, 6.45) is 1.13. The van der Waals surface area contributed by atoms with Gasteiger partial charge in [-0.25, -0.2) is 17.8 Å². The minimum absolute atomic E-state index is 0.0138. The first-order valence-electron chi connectivity index (χ1n) is 9.09. The Morgan fingerprint density at radius 3 is 2.45 bits per heavy atom. The summed E-state index contributed by atoms with van der Waals surface area (Å²) in [6, 6.07) is 13.0. The molecule has 29 heavy (non-hydrogen) atoms. The number of halogens is 1. The van der Waals surface area contributed by atoms with Crippen molar-refractivity contribution >= 4 is 27.4 Å². The summed E-state index contributed by atoms with van der Waals surface area (Å²) >= 11 is 0. The van der Waals surface area contributed by atoms with E-state index in [4.69, 9.17) is 0 Å². The smallest absolute Gasteiger partial charge is 0.243 e. The van der Waals surface area contributed by atoms with Crippen molar-refractivity contribution in [1.82, 2.24) is 10.6 Å². The Morgan fingerprint density at radius 2 is 1.79 bits per heavy atom. The standard InChI is InChI=1S/C20H25FN4O3S/c1-3-22-20(24-13-19(26)25-18-7-5-4-6-8-18)23-12-16-11-17(21)10-9-15(16)14-29(2,27)28/h4-11H,3,12-14H2,1-2H3,(H,25,26)(H2,22,23,24). The molecule has 0 heterocycles. The molecule has 3 N–H and O–H groups in total. The average molecular weight is 421 g/mol. The van der Waals surface area contributed by atoms with E-state index in [0.717, 1.165) is 6.26 Å². The van der Waals surface area contributed by atoms with Crippen molar-refractivity contribution < 1.29 is 17.6 Å². The van der Waals surface area contributed by atoms with Crippen LogP contribution in [0.3, 0.4) is 0 Å². The van der Waals surface area contributed by atoms with Gasteiger partial charge in [-0.2, -0.15) is 0 Å². The summed E-state index contributed by atoms with van der Waals surface area (Å²) < 4.78 is 36.8. The number of aliphatic imine (C=N–C) groups is 1. The number of rotatable bonds is 8. The molecule has 0 aromatic heterocycles. The Labute approximate surface area is 170 Å². The van der Waals surface area contributed by atoms with E-state index in [1.54, 1.807) is 12.1 Å². The number of para-hydroxylation sites is 1. The number of hydrogen-bond donors (Lipinski definition) is 3. The highest BCUT2D eigenvalue weighted by molar-refractivity contribution is 7.89. The van der Waals surface area contributed by atoms with Crippen molar-refractivity contribution in [3.63, 3.8) is 0 Å². The van der Waals surface area contributed by atoms with E-state index in [2.05, 4.69) is 20.9 Å². The first-order valence-corrected chi connectivity index (χ1v) is 11.1. The molecule has 0 radical (unpaired) electrons. The van der Waals surface area contributed by atoms with Gasteiger partial charge in [0.2, 0.25) is 5.91 Å². The largest absolute Gasteiger partial charge is 0.357 e. The first-order chi connectivity index (χ1) is 13.8. The molecule has 0 spiro atoms. The molecular weight excluding hydrogens is 395 g/mol. The lowest BCUT2D eigenvalue weighted by Gasteiger charge is -2.12. The van der Waals surface area contributed by atoms with E-state index in [1.807, 2.05) is 25.1 Å². The highest BCUT2D eigenvalue weighted by atomic mass is 32.2. The molecule has 0 saturated heterocycles. The van der Waals surface area contributed by atoms with Crippen LogP contribution in [0.1, 0.15) is 18.1 Å². The predicted octanol–water partition coefficient (Wildman–Crippen LogP) is 2.06. The number of hydrogen-bond acceptors (Lipinski definition) is 4. The molecule has 1 amide bonds. The topological polar surface area (TPSA) is 99.7 Å². The third-order valence-corrected chi connectivity index (χ3v) is 4.65. The lowest BCUT2D eigenvalue weighted by molar-refractivity contribution is -0.115. The number of carbonyl (C=O) groups excluding carboxylic acids is 1. The molecule has 0 fully saturated rings. The van der Waals surface area contributed by atoms with Gasteiger partial charge in [-0.3, -0.25) is 4.79 Å². The van der Waals surface area contributed by atoms with Gasteiger partial charge in [0.05, 0.1) is 18.8 Å². The van der Waals surface area contributed by atoms with Gasteiger partial charge >= 0.3 is 0 Å². The maximum atomic E-state index is 13.6. The van der Waals surface area contributed by atoms with Crippen LogP contribution < -0.4 is 16.0 Å². The van der Waals surface area contributed by atoms with Gasteiger partial charge in [-0.05, 0) is 42.3 Å². The number of anilines is 1. The van der Waals surface area contributed by atoms with Gasteiger partial charge in [0.15, 0.2) is 15.8 Å². The second kappa shape index (κ2) is 10.6. The molecule has 9 heteroatoms. The number of sulfone groups is 1. The van der Waals surface area contributed by atoms with Crippen LogP contribution in [0.15, 0.2) is 53.5 Å². The number of nitrogens with one attached hydrogen (secondary N) is 3. The van der Waals surface area contributed by atoms with E-state index in [-0.39, 0.29) is 24.7 Å². The molecule has 0 aliphatic carbocycles. The lowest BCUT2D eigenvalue weighted by atomic mass is 10.1. The van der Waals surface area contributed by atoms with Crippen LogP contribution in [0.2, 0.25) is 0 Å². The highest BCUT2D eigenvalue weighted by Gasteiger charge is 2.11. The molecule has 0 aliphatic rings. The van der Waals surface area contributed by atoms with E-state index < -0.39 is 15.7 Å². The molecule has 2 rings (SSSR count). The molecule has 156 valence electrons.